The Morgan fingerprint density at radius 2 is 1.40 bits per heavy atom. The van der Waals surface area contributed by atoms with Gasteiger partial charge >= 0.3 is 5.97 Å². The normalized spacial score (nSPS) is 11.0. The van der Waals surface area contributed by atoms with Crippen molar-refractivity contribution in [3.05, 3.63) is 78.1 Å². The molecule has 3 rings (SSSR count). The van der Waals surface area contributed by atoms with Crippen molar-refractivity contribution in [3.8, 4) is 22.5 Å². The van der Waals surface area contributed by atoms with Gasteiger partial charge < -0.3 is 5.11 Å². The molecule has 124 valence electrons. The number of aromatic nitrogens is 2. The molecule has 0 aliphatic heterocycles. The number of nitrogens with zero attached hydrogens (tertiary/aromatic N) is 2. The molecule has 0 spiro atoms. The van der Waals surface area contributed by atoms with E-state index in [9.17, 15) is 13.6 Å². The fourth-order valence-corrected chi connectivity index (χ4v) is 2.27. The van der Waals surface area contributed by atoms with Crippen LogP contribution in [0.5, 0.6) is 0 Å². The van der Waals surface area contributed by atoms with E-state index in [0.29, 0.717) is 28.2 Å². The third-order valence-electron chi connectivity index (χ3n) is 3.42. The summed E-state index contributed by atoms with van der Waals surface area (Å²) in [5.41, 5.74) is 2.52. The third kappa shape index (κ3) is 3.92. The van der Waals surface area contributed by atoms with Gasteiger partial charge in [0.25, 0.3) is 0 Å². The van der Waals surface area contributed by atoms with Crippen LogP contribution in [0.2, 0.25) is 0 Å². The number of hydrogen-bond acceptors (Lipinski definition) is 3. The van der Waals surface area contributed by atoms with E-state index >= 15 is 0 Å². The summed E-state index contributed by atoms with van der Waals surface area (Å²) in [5, 5.41) is 8.74. The minimum absolute atomic E-state index is 0.340. The Morgan fingerprint density at radius 1 is 0.880 bits per heavy atom. The molecule has 0 fully saturated rings. The Hall–Kier alpha value is -3.41. The van der Waals surface area contributed by atoms with Gasteiger partial charge in [0.05, 0.1) is 23.3 Å². The molecule has 2 aromatic carbocycles. The van der Waals surface area contributed by atoms with Crippen LogP contribution in [0.15, 0.2) is 60.8 Å². The van der Waals surface area contributed by atoms with E-state index in [1.807, 2.05) is 0 Å². The Bertz CT molecular complexity index is 937. The standard InChI is InChI=1S/C19H12F2N2O2/c20-14-5-1-12(2-6-14)18-19(13-3-7-15(21)8-4-13)23-16(11-22-18)9-10-17(24)25/h1-11H,(H,24,25)/b10-9+. The van der Waals surface area contributed by atoms with Crippen LogP contribution in [-0.4, -0.2) is 21.0 Å². The van der Waals surface area contributed by atoms with E-state index in [-0.39, 0.29) is 11.6 Å². The number of halogens is 2. The predicted molar refractivity (Wildman–Crippen MR) is 89.5 cm³/mol. The van der Waals surface area contributed by atoms with Crippen molar-refractivity contribution in [2.45, 2.75) is 0 Å². The molecular weight excluding hydrogens is 326 g/mol. The van der Waals surface area contributed by atoms with Crippen LogP contribution in [0.4, 0.5) is 8.78 Å². The van der Waals surface area contributed by atoms with Crippen LogP contribution in [0, 0.1) is 11.6 Å². The van der Waals surface area contributed by atoms with Crippen molar-refractivity contribution in [1.82, 2.24) is 9.97 Å². The number of hydrogen-bond donors (Lipinski definition) is 1. The zero-order chi connectivity index (χ0) is 17.8. The molecule has 0 bridgehead atoms. The zero-order valence-electron chi connectivity index (χ0n) is 12.9. The first-order valence-corrected chi connectivity index (χ1v) is 7.33. The molecule has 0 radical (unpaired) electrons. The minimum Gasteiger partial charge on any atom is -0.478 e. The number of carbonyl (C=O) groups is 1. The Balaban J connectivity index is 2.15. The molecule has 3 aromatic rings. The van der Waals surface area contributed by atoms with Crippen LogP contribution in [0.3, 0.4) is 0 Å². The topological polar surface area (TPSA) is 63.1 Å². The van der Waals surface area contributed by atoms with Crippen molar-refractivity contribution in [3.63, 3.8) is 0 Å². The quantitative estimate of drug-likeness (QED) is 0.725. The Morgan fingerprint density at radius 3 is 1.92 bits per heavy atom. The lowest BCUT2D eigenvalue weighted by molar-refractivity contribution is -0.131. The highest BCUT2D eigenvalue weighted by molar-refractivity contribution is 5.85. The summed E-state index contributed by atoms with van der Waals surface area (Å²) in [6, 6.07) is 11.5. The molecule has 6 heteroatoms. The van der Waals surface area contributed by atoms with Gasteiger partial charge in [-0.05, 0) is 54.6 Å². The third-order valence-corrected chi connectivity index (χ3v) is 3.42. The first-order valence-electron chi connectivity index (χ1n) is 7.33. The predicted octanol–water partition coefficient (Wildman–Crippen LogP) is 4.19. The van der Waals surface area contributed by atoms with E-state index in [1.165, 1.54) is 36.5 Å². The van der Waals surface area contributed by atoms with Gasteiger partial charge in [-0.2, -0.15) is 0 Å². The van der Waals surface area contributed by atoms with Crippen LogP contribution in [0.25, 0.3) is 28.6 Å². The fraction of sp³-hybridized carbons (Fsp3) is 0. The summed E-state index contributed by atoms with van der Waals surface area (Å²) in [6.45, 7) is 0. The molecule has 0 aliphatic rings. The maximum atomic E-state index is 13.2. The largest absolute Gasteiger partial charge is 0.478 e. The summed E-state index contributed by atoms with van der Waals surface area (Å²) in [6.07, 6.45) is 3.69. The molecular formula is C19H12F2N2O2. The van der Waals surface area contributed by atoms with Crippen molar-refractivity contribution in [2.75, 3.05) is 0 Å². The SMILES string of the molecule is O=C(O)/C=C/c1cnc(-c2ccc(F)cc2)c(-c2ccc(F)cc2)n1. The molecule has 1 heterocycles. The van der Waals surface area contributed by atoms with Crippen LogP contribution in [-0.2, 0) is 4.79 Å². The van der Waals surface area contributed by atoms with Gasteiger partial charge in [0.1, 0.15) is 11.6 Å². The highest BCUT2D eigenvalue weighted by atomic mass is 19.1. The number of benzene rings is 2. The summed E-state index contributed by atoms with van der Waals surface area (Å²) in [5.74, 6) is -1.87. The minimum atomic E-state index is -1.10. The first kappa shape index (κ1) is 16.4. The fourth-order valence-electron chi connectivity index (χ4n) is 2.27. The summed E-state index contributed by atoms with van der Waals surface area (Å²) in [7, 11) is 0. The maximum absolute atomic E-state index is 13.2. The second kappa shape index (κ2) is 7.00. The van der Waals surface area contributed by atoms with Crippen molar-refractivity contribution >= 4 is 12.0 Å². The molecule has 0 atom stereocenters. The summed E-state index contributed by atoms with van der Waals surface area (Å²) >= 11 is 0. The first-order chi connectivity index (χ1) is 12.0. The van der Waals surface area contributed by atoms with Gasteiger partial charge in [0.2, 0.25) is 0 Å². The van der Waals surface area contributed by atoms with Gasteiger partial charge in [-0.15, -0.1) is 0 Å². The molecule has 1 aromatic heterocycles. The average molecular weight is 338 g/mol. The number of carboxylic acid groups (broad SMARTS) is 1. The monoisotopic (exact) mass is 338 g/mol. The van der Waals surface area contributed by atoms with Crippen LogP contribution >= 0.6 is 0 Å². The summed E-state index contributed by atoms with van der Waals surface area (Å²) in [4.78, 5) is 19.4. The van der Waals surface area contributed by atoms with E-state index in [1.54, 1.807) is 24.3 Å². The molecule has 25 heavy (non-hydrogen) atoms. The van der Waals surface area contributed by atoms with Crippen LogP contribution in [0.1, 0.15) is 5.69 Å². The Kier molecular flexibility index (Phi) is 4.61. The van der Waals surface area contributed by atoms with Crippen LogP contribution < -0.4 is 0 Å². The smallest absolute Gasteiger partial charge is 0.328 e. The molecule has 0 aliphatic carbocycles. The van der Waals surface area contributed by atoms with Crippen molar-refractivity contribution in [2.24, 2.45) is 0 Å². The van der Waals surface area contributed by atoms with Gasteiger partial charge in [-0.3, -0.25) is 4.98 Å². The van der Waals surface area contributed by atoms with Gasteiger partial charge in [0, 0.05) is 17.2 Å². The van der Waals surface area contributed by atoms with E-state index < -0.39 is 5.97 Å². The van der Waals surface area contributed by atoms with E-state index in [0.717, 1.165) is 6.08 Å². The van der Waals surface area contributed by atoms with Gasteiger partial charge in [-0.25, -0.2) is 18.6 Å². The molecule has 0 amide bonds. The van der Waals surface area contributed by atoms with E-state index in [2.05, 4.69) is 9.97 Å². The van der Waals surface area contributed by atoms with Crippen molar-refractivity contribution < 1.29 is 18.7 Å². The highest BCUT2D eigenvalue weighted by Gasteiger charge is 2.12. The van der Waals surface area contributed by atoms with Gasteiger partial charge in [0.15, 0.2) is 0 Å². The highest BCUT2D eigenvalue weighted by Crippen LogP contribution is 2.29. The second-order valence-corrected chi connectivity index (χ2v) is 5.18. The Labute approximate surface area is 142 Å². The number of carboxylic acids is 1. The molecule has 1 N–H and O–H groups in total. The molecule has 0 unspecified atom stereocenters. The lowest BCUT2D eigenvalue weighted by Crippen LogP contribution is -1.96. The summed E-state index contributed by atoms with van der Waals surface area (Å²) < 4.78 is 26.4. The van der Waals surface area contributed by atoms with Crippen molar-refractivity contribution in [1.29, 1.82) is 0 Å². The maximum Gasteiger partial charge on any atom is 0.328 e. The van der Waals surface area contributed by atoms with E-state index in [4.69, 9.17) is 5.11 Å². The zero-order valence-corrected chi connectivity index (χ0v) is 12.9. The van der Waals surface area contributed by atoms with Gasteiger partial charge in [-0.1, -0.05) is 0 Å². The molecule has 0 saturated carbocycles. The average Bonchev–Trinajstić information content (AvgIpc) is 2.61. The lowest BCUT2D eigenvalue weighted by Gasteiger charge is -2.09. The second-order valence-electron chi connectivity index (χ2n) is 5.18. The number of aliphatic carboxylic acids is 1. The molecule has 4 nitrogen and oxygen atoms in total. The number of rotatable bonds is 4. The molecule has 0 saturated heterocycles. The lowest BCUT2D eigenvalue weighted by atomic mass is 10.0.